The fourth-order valence-electron chi connectivity index (χ4n) is 4.49. The maximum Gasteiger partial charge on any atom is 0.223 e. The van der Waals surface area contributed by atoms with Gasteiger partial charge >= 0.3 is 0 Å². The summed E-state index contributed by atoms with van der Waals surface area (Å²) in [5, 5.41) is 0. The average molecular weight is 367 g/mol. The molecule has 26 heavy (non-hydrogen) atoms. The lowest BCUT2D eigenvalue weighted by molar-refractivity contribution is -0.136. The Balaban J connectivity index is 1.87. The van der Waals surface area contributed by atoms with E-state index in [1.165, 1.54) is 64.2 Å². The molecule has 2 unspecified atom stereocenters. The molecule has 0 saturated carbocycles. The van der Waals surface area contributed by atoms with Gasteiger partial charge in [0.1, 0.15) is 0 Å². The molecule has 0 aromatic rings. The van der Waals surface area contributed by atoms with Gasteiger partial charge in [0, 0.05) is 38.6 Å². The average Bonchev–Trinajstić information content (AvgIpc) is 2.67. The standard InChI is InChI=1S/C22H42N2O2/c1-3-5-7-11-20(10-6-4-2)18-22(25)24-13-9-8-12-21(24)19-23-14-16-26-17-15-23/h20-21H,3-19H2,1-2H3. The van der Waals surface area contributed by atoms with Crippen LogP contribution in [0.25, 0.3) is 0 Å². The third kappa shape index (κ3) is 7.56. The molecule has 2 aliphatic heterocycles. The minimum Gasteiger partial charge on any atom is -0.379 e. The van der Waals surface area contributed by atoms with Crippen molar-refractivity contribution in [3.8, 4) is 0 Å². The van der Waals surface area contributed by atoms with E-state index in [0.29, 0.717) is 17.9 Å². The summed E-state index contributed by atoms with van der Waals surface area (Å²) in [6, 6.07) is 0.428. The van der Waals surface area contributed by atoms with E-state index in [9.17, 15) is 4.79 Å². The Bertz CT molecular complexity index is 382. The lowest BCUT2D eigenvalue weighted by Crippen LogP contribution is -2.51. The maximum atomic E-state index is 13.1. The number of hydrogen-bond acceptors (Lipinski definition) is 3. The first-order chi connectivity index (χ1) is 12.7. The van der Waals surface area contributed by atoms with Crippen molar-refractivity contribution >= 4 is 5.91 Å². The second-order valence-electron chi connectivity index (χ2n) is 8.36. The Hall–Kier alpha value is -0.610. The number of rotatable bonds is 11. The van der Waals surface area contributed by atoms with E-state index in [1.807, 2.05) is 0 Å². The van der Waals surface area contributed by atoms with Gasteiger partial charge in [-0.1, -0.05) is 46.0 Å². The number of morpholine rings is 1. The van der Waals surface area contributed by atoms with Crippen LogP contribution in [0, 0.1) is 5.92 Å². The van der Waals surface area contributed by atoms with E-state index in [2.05, 4.69) is 23.6 Å². The number of amides is 1. The normalized spacial score (nSPS) is 23.2. The van der Waals surface area contributed by atoms with Gasteiger partial charge < -0.3 is 9.64 Å². The van der Waals surface area contributed by atoms with Gasteiger partial charge in [0.15, 0.2) is 0 Å². The summed E-state index contributed by atoms with van der Waals surface area (Å²) in [5.41, 5.74) is 0. The van der Waals surface area contributed by atoms with Gasteiger partial charge in [-0.2, -0.15) is 0 Å². The predicted molar refractivity (Wildman–Crippen MR) is 108 cm³/mol. The van der Waals surface area contributed by atoms with E-state index in [0.717, 1.165) is 45.8 Å². The van der Waals surface area contributed by atoms with Crippen LogP contribution in [-0.2, 0) is 9.53 Å². The van der Waals surface area contributed by atoms with Gasteiger partial charge in [0.2, 0.25) is 5.91 Å². The van der Waals surface area contributed by atoms with Crippen LogP contribution in [0.4, 0.5) is 0 Å². The van der Waals surface area contributed by atoms with Crippen molar-refractivity contribution < 1.29 is 9.53 Å². The number of unbranched alkanes of at least 4 members (excludes halogenated alkanes) is 3. The minimum absolute atomic E-state index is 0.428. The van der Waals surface area contributed by atoms with Crippen molar-refractivity contribution in [3.63, 3.8) is 0 Å². The van der Waals surface area contributed by atoms with Crippen LogP contribution in [0.1, 0.15) is 84.5 Å². The van der Waals surface area contributed by atoms with Gasteiger partial charge in [-0.05, 0) is 38.0 Å². The highest BCUT2D eigenvalue weighted by Gasteiger charge is 2.29. The monoisotopic (exact) mass is 366 g/mol. The summed E-state index contributed by atoms with van der Waals surface area (Å²) in [6.07, 6.45) is 13.2. The van der Waals surface area contributed by atoms with Crippen molar-refractivity contribution in [2.45, 2.75) is 90.5 Å². The molecular formula is C22H42N2O2. The zero-order valence-electron chi connectivity index (χ0n) is 17.4. The first-order valence-corrected chi connectivity index (χ1v) is 11.3. The molecule has 0 spiro atoms. The van der Waals surface area contributed by atoms with Crippen molar-refractivity contribution in [1.29, 1.82) is 0 Å². The van der Waals surface area contributed by atoms with Crippen LogP contribution in [0.15, 0.2) is 0 Å². The molecule has 2 rings (SSSR count). The van der Waals surface area contributed by atoms with E-state index in [1.54, 1.807) is 0 Å². The number of piperidine rings is 1. The zero-order chi connectivity index (χ0) is 18.6. The molecule has 0 aromatic carbocycles. The van der Waals surface area contributed by atoms with E-state index < -0.39 is 0 Å². The molecule has 0 N–H and O–H groups in total. The highest BCUT2D eigenvalue weighted by atomic mass is 16.5. The number of nitrogens with zero attached hydrogens (tertiary/aromatic N) is 2. The summed E-state index contributed by atoms with van der Waals surface area (Å²) < 4.78 is 5.48. The summed E-state index contributed by atoms with van der Waals surface area (Å²) in [5.74, 6) is 1.03. The van der Waals surface area contributed by atoms with Crippen LogP contribution < -0.4 is 0 Å². The van der Waals surface area contributed by atoms with Crippen LogP contribution in [0.2, 0.25) is 0 Å². The second-order valence-corrected chi connectivity index (χ2v) is 8.36. The smallest absolute Gasteiger partial charge is 0.223 e. The number of carbonyl (C=O) groups is 1. The molecule has 0 bridgehead atoms. The van der Waals surface area contributed by atoms with Gasteiger partial charge in [-0.25, -0.2) is 0 Å². The highest BCUT2D eigenvalue weighted by molar-refractivity contribution is 5.77. The molecule has 2 aliphatic rings. The Kier molecular flexibility index (Phi) is 10.6. The van der Waals surface area contributed by atoms with Crippen LogP contribution in [0.5, 0.6) is 0 Å². The first kappa shape index (κ1) is 21.7. The van der Waals surface area contributed by atoms with Crippen LogP contribution >= 0.6 is 0 Å². The SMILES string of the molecule is CCCCCC(CCCC)CC(=O)N1CCCCC1CN1CCOCC1. The fourth-order valence-corrected chi connectivity index (χ4v) is 4.49. The van der Waals surface area contributed by atoms with Crippen molar-refractivity contribution in [2.24, 2.45) is 5.92 Å². The fraction of sp³-hybridized carbons (Fsp3) is 0.955. The Morgan fingerprint density at radius 2 is 1.73 bits per heavy atom. The lowest BCUT2D eigenvalue weighted by Gasteiger charge is -2.40. The van der Waals surface area contributed by atoms with Crippen LogP contribution in [-0.4, -0.2) is 61.1 Å². The van der Waals surface area contributed by atoms with Crippen LogP contribution in [0.3, 0.4) is 0 Å². The molecular weight excluding hydrogens is 324 g/mol. The maximum absolute atomic E-state index is 13.1. The van der Waals surface area contributed by atoms with E-state index >= 15 is 0 Å². The molecule has 4 nitrogen and oxygen atoms in total. The summed E-state index contributed by atoms with van der Waals surface area (Å²) in [7, 11) is 0. The highest BCUT2D eigenvalue weighted by Crippen LogP contribution is 2.25. The molecule has 0 aliphatic carbocycles. The molecule has 152 valence electrons. The van der Waals surface area contributed by atoms with Gasteiger partial charge in [-0.15, -0.1) is 0 Å². The topological polar surface area (TPSA) is 32.8 Å². The predicted octanol–water partition coefficient (Wildman–Crippen LogP) is 4.48. The quantitative estimate of drug-likeness (QED) is 0.506. The molecule has 2 atom stereocenters. The Morgan fingerprint density at radius 3 is 2.46 bits per heavy atom. The molecule has 2 saturated heterocycles. The largest absolute Gasteiger partial charge is 0.379 e. The summed E-state index contributed by atoms with van der Waals surface area (Å²) in [6.45, 7) is 10.3. The second kappa shape index (κ2) is 12.7. The number of likely N-dealkylation sites (tertiary alicyclic amines) is 1. The lowest BCUT2D eigenvalue weighted by atomic mass is 9.91. The molecule has 2 fully saturated rings. The van der Waals surface area contributed by atoms with Crippen molar-refractivity contribution in [1.82, 2.24) is 9.80 Å². The van der Waals surface area contributed by atoms with E-state index in [4.69, 9.17) is 4.74 Å². The van der Waals surface area contributed by atoms with Crippen molar-refractivity contribution in [2.75, 3.05) is 39.4 Å². The number of hydrogen-bond donors (Lipinski definition) is 0. The molecule has 0 aromatic heterocycles. The number of carbonyl (C=O) groups excluding carboxylic acids is 1. The first-order valence-electron chi connectivity index (χ1n) is 11.3. The summed E-state index contributed by atoms with van der Waals surface area (Å²) >= 11 is 0. The third-order valence-corrected chi connectivity index (χ3v) is 6.17. The Labute approximate surface area is 161 Å². The Morgan fingerprint density at radius 1 is 1.00 bits per heavy atom. The van der Waals surface area contributed by atoms with Gasteiger partial charge in [-0.3, -0.25) is 9.69 Å². The molecule has 2 heterocycles. The van der Waals surface area contributed by atoms with Gasteiger partial charge in [0.05, 0.1) is 13.2 Å². The molecule has 4 heteroatoms. The van der Waals surface area contributed by atoms with E-state index in [-0.39, 0.29) is 0 Å². The minimum atomic E-state index is 0.428. The molecule has 1 amide bonds. The number of ether oxygens (including phenoxy) is 1. The van der Waals surface area contributed by atoms with Gasteiger partial charge in [0.25, 0.3) is 0 Å². The summed E-state index contributed by atoms with van der Waals surface area (Å²) in [4.78, 5) is 17.9. The van der Waals surface area contributed by atoms with Crippen molar-refractivity contribution in [3.05, 3.63) is 0 Å². The third-order valence-electron chi connectivity index (χ3n) is 6.17. The molecule has 0 radical (unpaired) electrons. The zero-order valence-corrected chi connectivity index (χ0v) is 17.4.